The highest BCUT2D eigenvalue weighted by Gasteiger charge is 2.18. The highest BCUT2D eigenvalue weighted by Crippen LogP contribution is 2.31. The molecule has 0 bridgehead atoms. The van der Waals surface area contributed by atoms with Gasteiger partial charge in [-0.25, -0.2) is 9.67 Å². The van der Waals surface area contributed by atoms with Gasteiger partial charge in [0.25, 0.3) is 11.5 Å². The molecule has 146 valence electrons. The Hall–Kier alpha value is -3.32. The van der Waals surface area contributed by atoms with E-state index in [0.29, 0.717) is 15.9 Å². The molecule has 0 fully saturated rings. The second-order valence-electron chi connectivity index (χ2n) is 7.09. The second kappa shape index (κ2) is 7.25. The van der Waals surface area contributed by atoms with Gasteiger partial charge in [0.05, 0.1) is 11.1 Å². The number of nitrogens with zero attached hydrogens (tertiary/aromatic N) is 3. The number of benzene rings is 2. The number of fused-ring (bicyclic) bond motifs is 1. The maximum absolute atomic E-state index is 12.9. The average molecular weight is 404 g/mol. The smallest absolute Gasteiger partial charge is 0.278 e. The fourth-order valence-electron chi connectivity index (χ4n) is 3.65. The van der Waals surface area contributed by atoms with Crippen LogP contribution in [0.25, 0.3) is 22.0 Å². The van der Waals surface area contributed by atoms with E-state index in [2.05, 4.69) is 48.3 Å². The Kier molecular flexibility index (Phi) is 4.76. The number of thiazole rings is 1. The van der Waals surface area contributed by atoms with Crippen LogP contribution in [0.3, 0.4) is 0 Å². The van der Waals surface area contributed by atoms with Crippen LogP contribution in [0.5, 0.6) is 0 Å². The zero-order valence-corrected chi connectivity index (χ0v) is 17.4. The SMILES string of the molecule is Cc1cc(C)c(-c2csc(NC(=O)c3nn(C)c(=O)c4ccccc34)n2)c(C)c1. The first kappa shape index (κ1) is 19.0. The molecule has 1 N–H and O–H groups in total. The lowest BCUT2D eigenvalue weighted by molar-refractivity contribution is 0.102. The maximum Gasteiger partial charge on any atom is 0.278 e. The van der Waals surface area contributed by atoms with Gasteiger partial charge in [-0.3, -0.25) is 14.9 Å². The maximum atomic E-state index is 12.9. The summed E-state index contributed by atoms with van der Waals surface area (Å²) in [6.45, 7) is 6.20. The molecule has 0 aliphatic carbocycles. The van der Waals surface area contributed by atoms with Crippen LogP contribution in [0.1, 0.15) is 27.2 Å². The van der Waals surface area contributed by atoms with Crippen molar-refractivity contribution >= 4 is 33.1 Å². The van der Waals surface area contributed by atoms with E-state index in [-0.39, 0.29) is 11.3 Å². The van der Waals surface area contributed by atoms with Crippen LogP contribution in [0.2, 0.25) is 0 Å². The van der Waals surface area contributed by atoms with Crippen molar-refractivity contribution in [2.45, 2.75) is 20.8 Å². The number of anilines is 1. The number of aryl methyl sites for hydroxylation is 4. The number of amides is 1. The lowest BCUT2D eigenvalue weighted by Crippen LogP contribution is -2.25. The number of nitrogens with one attached hydrogen (secondary N) is 1. The first-order valence-electron chi connectivity index (χ1n) is 9.16. The molecule has 0 saturated carbocycles. The summed E-state index contributed by atoms with van der Waals surface area (Å²) < 4.78 is 1.18. The minimum atomic E-state index is -0.393. The molecule has 2 aromatic heterocycles. The molecule has 0 atom stereocenters. The van der Waals surface area contributed by atoms with Gasteiger partial charge in [-0.15, -0.1) is 11.3 Å². The van der Waals surface area contributed by atoms with Gasteiger partial charge in [0.15, 0.2) is 10.8 Å². The molecule has 1 amide bonds. The van der Waals surface area contributed by atoms with E-state index in [4.69, 9.17) is 0 Å². The van der Waals surface area contributed by atoms with E-state index in [0.717, 1.165) is 22.4 Å². The predicted octanol–water partition coefficient (Wildman–Crippen LogP) is 4.23. The molecule has 0 aliphatic heterocycles. The summed E-state index contributed by atoms with van der Waals surface area (Å²) >= 11 is 1.36. The molecule has 0 spiro atoms. The quantitative estimate of drug-likeness (QED) is 0.554. The zero-order chi connectivity index (χ0) is 20.7. The van der Waals surface area contributed by atoms with Gasteiger partial charge >= 0.3 is 0 Å². The molecular formula is C22H20N4O2S. The van der Waals surface area contributed by atoms with Crippen molar-refractivity contribution in [3.63, 3.8) is 0 Å². The number of aromatic nitrogens is 3. The number of hydrogen-bond donors (Lipinski definition) is 1. The molecule has 6 nitrogen and oxygen atoms in total. The molecule has 2 aromatic carbocycles. The Labute approximate surface area is 171 Å². The fraction of sp³-hybridized carbons (Fsp3) is 0.182. The van der Waals surface area contributed by atoms with Crippen molar-refractivity contribution in [2.24, 2.45) is 7.05 Å². The summed E-state index contributed by atoms with van der Waals surface area (Å²) in [6.07, 6.45) is 0. The minimum Gasteiger partial charge on any atom is -0.296 e. The fourth-order valence-corrected chi connectivity index (χ4v) is 4.35. The van der Waals surface area contributed by atoms with Crippen LogP contribution >= 0.6 is 11.3 Å². The van der Waals surface area contributed by atoms with E-state index in [1.807, 2.05) is 5.38 Å². The van der Waals surface area contributed by atoms with Gasteiger partial charge in [0.1, 0.15) is 0 Å². The summed E-state index contributed by atoms with van der Waals surface area (Å²) in [7, 11) is 1.54. The van der Waals surface area contributed by atoms with Crippen LogP contribution < -0.4 is 10.9 Å². The number of hydrogen-bond acceptors (Lipinski definition) is 5. The lowest BCUT2D eigenvalue weighted by Gasteiger charge is -2.09. The number of carbonyl (C=O) groups is 1. The standard InChI is InChI=1S/C22H20N4O2S/c1-12-9-13(2)18(14(3)10-12)17-11-29-22(23-17)24-20(27)19-15-7-5-6-8-16(15)21(28)26(4)25-19/h5-11H,1-4H3,(H,23,24,27). The molecular weight excluding hydrogens is 384 g/mol. The Morgan fingerprint density at radius 3 is 2.41 bits per heavy atom. The number of rotatable bonds is 3. The largest absolute Gasteiger partial charge is 0.296 e. The molecule has 2 heterocycles. The topological polar surface area (TPSA) is 76.9 Å². The van der Waals surface area contributed by atoms with Gasteiger partial charge in [-0.05, 0) is 38.0 Å². The minimum absolute atomic E-state index is 0.196. The highest BCUT2D eigenvalue weighted by molar-refractivity contribution is 7.14. The van der Waals surface area contributed by atoms with Crippen LogP contribution in [0.15, 0.2) is 46.6 Å². The van der Waals surface area contributed by atoms with E-state index < -0.39 is 5.91 Å². The molecule has 4 rings (SSSR count). The lowest BCUT2D eigenvalue weighted by atomic mass is 9.98. The molecule has 0 unspecified atom stereocenters. The predicted molar refractivity (Wildman–Crippen MR) is 117 cm³/mol. The van der Waals surface area contributed by atoms with Crippen molar-refractivity contribution in [1.82, 2.24) is 14.8 Å². The molecule has 4 aromatic rings. The molecule has 0 saturated heterocycles. The molecule has 7 heteroatoms. The van der Waals surface area contributed by atoms with E-state index in [9.17, 15) is 9.59 Å². The third-order valence-corrected chi connectivity index (χ3v) is 5.59. The van der Waals surface area contributed by atoms with Crippen molar-refractivity contribution in [1.29, 1.82) is 0 Å². The summed E-state index contributed by atoms with van der Waals surface area (Å²) in [4.78, 5) is 29.8. The highest BCUT2D eigenvalue weighted by atomic mass is 32.1. The van der Waals surface area contributed by atoms with Gasteiger partial charge in [0.2, 0.25) is 0 Å². The third-order valence-electron chi connectivity index (χ3n) is 4.83. The van der Waals surface area contributed by atoms with Crippen LogP contribution in [-0.4, -0.2) is 20.7 Å². The van der Waals surface area contributed by atoms with Crippen molar-refractivity contribution < 1.29 is 4.79 Å². The third kappa shape index (κ3) is 3.45. The van der Waals surface area contributed by atoms with Gasteiger partial charge in [-0.1, -0.05) is 35.9 Å². The van der Waals surface area contributed by atoms with Crippen LogP contribution in [0.4, 0.5) is 5.13 Å². The molecule has 0 aliphatic rings. The van der Waals surface area contributed by atoms with E-state index in [1.54, 1.807) is 24.3 Å². The summed E-state index contributed by atoms with van der Waals surface area (Å²) in [5, 5.41) is 10.4. The Balaban J connectivity index is 1.69. The second-order valence-corrected chi connectivity index (χ2v) is 7.95. The van der Waals surface area contributed by atoms with Gasteiger partial charge in [-0.2, -0.15) is 5.10 Å². The molecule has 0 radical (unpaired) electrons. The normalized spacial score (nSPS) is 11.0. The van der Waals surface area contributed by atoms with E-state index >= 15 is 0 Å². The Morgan fingerprint density at radius 2 is 1.72 bits per heavy atom. The summed E-state index contributed by atoms with van der Waals surface area (Å²) in [5.41, 5.74) is 5.38. The summed E-state index contributed by atoms with van der Waals surface area (Å²) in [5.74, 6) is -0.393. The van der Waals surface area contributed by atoms with Crippen LogP contribution in [0, 0.1) is 20.8 Å². The van der Waals surface area contributed by atoms with E-state index in [1.165, 1.54) is 28.6 Å². The Morgan fingerprint density at radius 1 is 1.07 bits per heavy atom. The van der Waals surface area contributed by atoms with Crippen molar-refractivity contribution in [3.8, 4) is 11.3 Å². The van der Waals surface area contributed by atoms with Gasteiger partial charge in [0, 0.05) is 23.4 Å². The summed E-state index contributed by atoms with van der Waals surface area (Å²) in [6, 6.07) is 11.2. The molecule has 29 heavy (non-hydrogen) atoms. The van der Waals surface area contributed by atoms with Crippen molar-refractivity contribution in [2.75, 3.05) is 5.32 Å². The first-order valence-corrected chi connectivity index (χ1v) is 10.0. The van der Waals surface area contributed by atoms with Gasteiger partial charge < -0.3 is 0 Å². The monoisotopic (exact) mass is 404 g/mol. The van der Waals surface area contributed by atoms with Crippen LogP contribution in [-0.2, 0) is 7.05 Å². The zero-order valence-electron chi connectivity index (χ0n) is 16.6. The average Bonchev–Trinajstić information content (AvgIpc) is 3.11. The number of carbonyl (C=O) groups excluding carboxylic acids is 1. The Bertz CT molecular complexity index is 1300. The van der Waals surface area contributed by atoms with Crippen molar-refractivity contribution in [3.05, 3.63) is 74.5 Å². The first-order chi connectivity index (χ1) is 13.8.